The quantitative estimate of drug-likeness (QED) is 0.812. The van der Waals surface area contributed by atoms with Crippen LogP contribution in [-0.2, 0) is 10.0 Å². The average Bonchev–Trinajstić information content (AvgIpc) is 2.38. The molecule has 1 heterocycles. The van der Waals surface area contributed by atoms with E-state index in [1.165, 1.54) is 19.3 Å². The number of nitrogens with one attached hydrogen (secondary N) is 1. The standard InChI is InChI=1S/C15H25N3O2S/c1-12-7-6-8-14(16)15(12)21(19,20)17-13(2)11-18-9-4-3-5-10-18/h6-8,13,17H,3-5,9-11,16H2,1-2H3. The summed E-state index contributed by atoms with van der Waals surface area (Å²) < 4.78 is 27.8. The zero-order chi connectivity index (χ0) is 15.5. The smallest absolute Gasteiger partial charge is 0.243 e. The predicted molar refractivity (Wildman–Crippen MR) is 85.7 cm³/mol. The summed E-state index contributed by atoms with van der Waals surface area (Å²) in [5.41, 5.74) is 6.81. The zero-order valence-corrected chi connectivity index (χ0v) is 13.6. The number of anilines is 1. The fourth-order valence-corrected chi connectivity index (χ4v) is 4.52. The van der Waals surface area contributed by atoms with Crippen LogP contribution in [0.2, 0.25) is 0 Å². The van der Waals surface area contributed by atoms with Crippen LogP contribution in [0.5, 0.6) is 0 Å². The van der Waals surface area contributed by atoms with Crippen molar-refractivity contribution < 1.29 is 8.42 Å². The summed E-state index contributed by atoms with van der Waals surface area (Å²) in [5, 5.41) is 0. The summed E-state index contributed by atoms with van der Waals surface area (Å²) in [6.45, 7) is 6.52. The second-order valence-electron chi connectivity index (χ2n) is 5.88. The monoisotopic (exact) mass is 311 g/mol. The molecule has 0 saturated carbocycles. The third kappa shape index (κ3) is 4.18. The van der Waals surface area contributed by atoms with E-state index < -0.39 is 10.0 Å². The number of benzene rings is 1. The van der Waals surface area contributed by atoms with Crippen molar-refractivity contribution in [2.24, 2.45) is 0 Å². The van der Waals surface area contributed by atoms with Gasteiger partial charge in [0.25, 0.3) is 0 Å². The lowest BCUT2D eigenvalue weighted by atomic mass is 10.1. The Kier molecular flexibility index (Phi) is 5.24. The predicted octanol–water partition coefficient (Wildman–Crippen LogP) is 1.73. The van der Waals surface area contributed by atoms with Gasteiger partial charge < -0.3 is 10.6 Å². The van der Waals surface area contributed by atoms with Crippen LogP contribution < -0.4 is 10.5 Å². The first-order chi connectivity index (χ1) is 9.90. The second kappa shape index (κ2) is 6.77. The van der Waals surface area contributed by atoms with E-state index in [0.29, 0.717) is 11.3 Å². The summed E-state index contributed by atoms with van der Waals surface area (Å²) in [5.74, 6) is 0. The normalized spacial score (nSPS) is 18.6. The Labute approximate surface area is 127 Å². The molecule has 118 valence electrons. The highest BCUT2D eigenvalue weighted by Gasteiger charge is 2.23. The van der Waals surface area contributed by atoms with Gasteiger partial charge in [-0.25, -0.2) is 13.1 Å². The van der Waals surface area contributed by atoms with Gasteiger partial charge in [-0.15, -0.1) is 0 Å². The van der Waals surface area contributed by atoms with Crippen molar-refractivity contribution in [1.82, 2.24) is 9.62 Å². The maximum atomic E-state index is 12.5. The first-order valence-electron chi connectivity index (χ1n) is 7.50. The average molecular weight is 311 g/mol. The van der Waals surface area contributed by atoms with Crippen LogP contribution in [0.4, 0.5) is 5.69 Å². The van der Waals surface area contributed by atoms with Crippen molar-refractivity contribution in [3.8, 4) is 0 Å². The Bertz CT molecular complexity index is 560. The highest BCUT2D eigenvalue weighted by Crippen LogP contribution is 2.22. The van der Waals surface area contributed by atoms with Gasteiger partial charge in [-0.1, -0.05) is 18.6 Å². The molecule has 1 aromatic rings. The van der Waals surface area contributed by atoms with Crippen molar-refractivity contribution >= 4 is 15.7 Å². The molecule has 0 amide bonds. The molecule has 1 atom stereocenters. The zero-order valence-electron chi connectivity index (χ0n) is 12.8. The summed E-state index contributed by atoms with van der Waals surface area (Å²) in [4.78, 5) is 2.52. The molecular weight excluding hydrogens is 286 g/mol. The number of sulfonamides is 1. The molecule has 1 aromatic carbocycles. The fraction of sp³-hybridized carbons (Fsp3) is 0.600. The van der Waals surface area contributed by atoms with Gasteiger partial charge in [0.2, 0.25) is 10.0 Å². The summed E-state index contributed by atoms with van der Waals surface area (Å²) in [6.07, 6.45) is 3.67. The van der Waals surface area contributed by atoms with Gasteiger partial charge in [-0.3, -0.25) is 0 Å². The Morgan fingerprint density at radius 1 is 1.29 bits per heavy atom. The van der Waals surface area contributed by atoms with Crippen molar-refractivity contribution in [3.05, 3.63) is 23.8 Å². The van der Waals surface area contributed by atoms with Gasteiger partial charge in [-0.2, -0.15) is 0 Å². The van der Waals surface area contributed by atoms with Gasteiger partial charge in [0.15, 0.2) is 0 Å². The topological polar surface area (TPSA) is 75.4 Å². The lowest BCUT2D eigenvalue weighted by molar-refractivity contribution is 0.215. The molecule has 2 rings (SSSR count). The Balaban J connectivity index is 2.06. The van der Waals surface area contributed by atoms with E-state index in [0.717, 1.165) is 19.6 Å². The van der Waals surface area contributed by atoms with Gasteiger partial charge in [0.05, 0.1) is 5.69 Å². The highest BCUT2D eigenvalue weighted by molar-refractivity contribution is 7.89. The molecule has 0 bridgehead atoms. The van der Waals surface area contributed by atoms with Crippen LogP contribution in [0.1, 0.15) is 31.7 Å². The van der Waals surface area contributed by atoms with E-state index >= 15 is 0 Å². The van der Waals surface area contributed by atoms with Crippen molar-refractivity contribution in [1.29, 1.82) is 0 Å². The lowest BCUT2D eigenvalue weighted by Gasteiger charge is -2.29. The van der Waals surface area contributed by atoms with E-state index in [1.807, 2.05) is 6.92 Å². The molecule has 0 aromatic heterocycles. The number of likely N-dealkylation sites (tertiary alicyclic amines) is 1. The third-order valence-corrected chi connectivity index (χ3v) is 5.66. The van der Waals surface area contributed by atoms with Gasteiger partial charge >= 0.3 is 0 Å². The molecule has 1 aliphatic heterocycles. The Hall–Kier alpha value is -1.11. The second-order valence-corrected chi connectivity index (χ2v) is 7.53. The number of rotatable bonds is 5. The highest BCUT2D eigenvalue weighted by atomic mass is 32.2. The van der Waals surface area contributed by atoms with E-state index in [1.54, 1.807) is 25.1 Å². The first-order valence-corrected chi connectivity index (χ1v) is 8.98. The van der Waals surface area contributed by atoms with Crippen LogP contribution in [0.25, 0.3) is 0 Å². The van der Waals surface area contributed by atoms with Crippen molar-refractivity contribution in [2.75, 3.05) is 25.4 Å². The van der Waals surface area contributed by atoms with Gasteiger partial charge in [0.1, 0.15) is 4.90 Å². The van der Waals surface area contributed by atoms with Crippen molar-refractivity contribution in [3.63, 3.8) is 0 Å². The van der Waals surface area contributed by atoms with Crippen molar-refractivity contribution in [2.45, 2.75) is 44.0 Å². The minimum atomic E-state index is -3.57. The van der Waals surface area contributed by atoms with Crippen LogP contribution >= 0.6 is 0 Å². The summed E-state index contributed by atoms with van der Waals surface area (Å²) >= 11 is 0. The van der Waals surface area contributed by atoms with E-state index in [9.17, 15) is 8.42 Å². The van der Waals surface area contributed by atoms with Gasteiger partial charge in [-0.05, 0) is 51.4 Å². The minimum absolute atomic E-state index is 0.132. The molecule has 3 N–H and O–H groups in total. The maximum Gasteiger partial charge on any atom is 0.243 e. The molecule has 1 fully saturated rings. The number of piperidine rings is 1. The molecular formula is C15H25N3O2S. The SMILES string of the molecule is Cc1cccc(N)c1S(=O)(=O)NC(C)CN1CCCCC1. The van der Waals surface area contributed by atoms with E-state index in [2.05, 4.69) is 9.62 Å². The van der Waals surface area contributed by atoms with Crippen LogP contribution in [0.3, 0.4) is 0 Å². The lowest BCUT2D eigenvalue weighted by Crippen LogP contribution is -2.43. The number of aryl methyl sites for hydroxylation is 1. The molecule has 6 heteroatoms. The molecule has 1 aliphatic rings. The first kappa shape index (κ1) is 16.3. The maximum absolute atomic E-state index is 12.5. The van der Waals surface area contributed by atoms with Crippen LogP contribution in [-0.4, -0.2) is 39.0 Å². The number of nitrogens with two attached hydrogens (primary N) is 1. The molecule has 1 saturated heterocycles. The fourth-order valence-electron chi connectivity index (χ4n) is 2.93. The Morgan fingerprint density at radius 2 is 1.95 bits per heavy atom. The van der Waals surface area contributed by atoms with Crippen LogP contribution in [0, 0.1) is 6.92 Å². The Morgan fingerprint density at radius 3 is 2.57 bits per heavy atom. The largest absolute Gasteiger partial charge is 0.398 e. The van der Waals surface area contributed by atoms with E-state index in [4.69, 9.17) is 5.73 Å². The molecule has 0 radical (unpaired) electrons. The molecule has 1 unspecified atom stereocenters. The summed E-state index contributed by atoms with van der Waals surface area (Å²) in [6, 6.07) is 5.02. The molecule has 0 spiro atoms. The molecule has 5 nitrogen and oxygen atoms in total. The minimum Gasteiger partial charge on any atom is -0.398 e. The van der Waals surface area contributed by atoms with Gasteiger partial charge in [0, 0.05) is 12.6 Å². The molecule has 0 aliphatic carbocycles. The molecule has 21 heavy (non-hydrogen) atoms. The van der Waals surface area contributed by atoms with E-state index in [-0.39, 0.29) is 10.9 Å². The van der Waals surface area contributed by atoms with Crippen LogP contribution in [0.15, 0.2) is 23.1 Å². The number of nitrogen functional groups attached to an aromatic ring is 1. The third-order valence-electron chi connectivity index (χ3n) is 3.85. The number of hydrogen-bond donors (Lipinski definition) is 2. The summed E-state index contributed by atoms with van der Waals surface area (Å²) in [7, 11) is -3.57. The number of hydrogen-bond acceptors (Lipinski definition) is 4. The number of nitrogens with zero attached hydrogens (tertiary/aromatic N) is 1.